The fraction of sp³-hybridized carbons (Fsp3) is 0.115. The van der Waals surface area contributed by atoms with Crippen molar-refractivity contribution in [1.29, 1.82) is 0 Å². The fourth-order valence-electron chi connectivity index (χ4n) is 4.12. The van der Waals surface area contributed by atoms with Crippen molar-refractivity contribution in [2.24, 2.45) is 0 Å². The van der Waals surface area contributed by atoms with Gasteiger partial charge in [0.1, 0.15) is 11.2 Å². The van der Waals surface area contributed by atoms with E-state index in [2.05, 4.69) is 49.3 Å². The summed E-state index contributed by atoms with van der Waals surface area (Å²) in [6.07, 6.45) is 7.05. The number of fused-ring (bicyclic) bond motifs is 2. The third-order valence-electron chi connectivity index (χ3n) is 5.61. The van der Waals surface area contributed by atoms with Crippen LogP contribution in [0, 0.1) is 12.1 Å². The van der Waals surface area contributed by atoms with Crippen molar-refractivity contribution in [2.75, 3.05) is 14.1 Å². The van der Waals surface area contributed by atoms with Gasteiger partial charge in [-0.1, -0.05) is 12.1 Å². The molecule has 7 nitrogen and oxygen atoms in total. The molecule has 0 fully saturated rings. The monoisotopic (exact) mass is 432 g/mol. The van der Waals surface area contributed by atoms with Gasteiger partial charge in [-0.25, -0.2) is 4.98 Å². The molecule has 7 heteroatoms. The number of nitrogens with zero attached hydrogens (tertiary/aromatic N) is 4. The van der Waals surface area contributed by atoms with Crippen LogP contribution in [0.5, 0.6) is 0 Å². The van der Waals surface area contributed by atoms with Crippen LogP contribution >= 0.6 is 0 Å². The molecule has 1 aromatic carbocycles. The number of pyridine rings is 2. The van der Waals surface area contributed by atoms with E-state index in [4.69, 9.17) is 9.40 Å². The molecule has 0 unspecified atom stereocenters. The molecule has 5 heterocycles. The van der Waals surface area contributed by atoms with E-state index in [1.807, 2.05) is 50.8 Å². The zero-order valence-electron chi connectivity index (χ0n) is 18.2. The Labute approximate surface area is 190 Å². The number of nitrogens with one attached hydrogen (secondary N) is 2. The Hall–Kier alpha value is -4.41. The number of H-pyrrole nitrogens is 2. The summed E-state index contributed by atoms with van der Waals surface area (Å²) in [7, 11) is 4.08. The molecular weight excluding hydrogens is 412 g/mol. The predicted octanol–water partition coefficient (Wildman–Crippen LogP) is 5.09. The lowest BCUT2D eigenvalue weighted by Crippen LogP contribution is -2.10. The van der Waals surface area contributed by atoms with Crippen LogP contribution in [0.15, 0.2) is 65.7 Å². The van der Waals surface area contributed by atoms with Gasteiger partial charge in [-0.3, -0.25) is 10.1 Å². The van der Waals surface area contributed by atoms with Gasteiger partial charge in [-0.05, 0) is 50.5 Å². The van der Waals surface area contributed by atoms with Gasteiger partial charge in [0.25, 0.3) is 0 Å². The van der Waals surface area contributed by atoms with Crippen molar-refractivity contribution >= 4 is 21.9 Å². The standard InChI is InChI=1S/C26H20N6O/c1-32(2)14-16-4-3-5-17(10-16)21-6-7-22-25(29-21)26(31-30-22)23-11-19-20(18-8-9-33-15-18)12-27-13-24(19)28-23/h5-13,15,28H,14H2,1-2H3,(H,30,31). The second kappa shape index (κ2) is 7.62. The van der Waals surface area contributed by atoms with E-state index in [-0.39, 0.29) is 0 Å². The number of furan rings is 1. The Morgan fingerprint density at radius 2 is 2.00 bits per heavy atom. The Balaban J connectivity index is 1.45. The Kier molecular flexibility index (Phi) is 4.45. The minimum absolute atomic E-state index is 0.765. The molecule has 0 radical (unpaired) electrons. The minimum atomic E-state index is 0.765. The highest BCUT2D eigenvalue weighted by Gasteiger charge is 2.16. The number of aromatic amines is 2. The van der Waals surface area contributed by atoms with Gasteiger partial charge in [0.05, 0.1) is 41.1 Å². The van der Waals surface area contributed by atoms with Crippen LogP contribution in [0.2, 0.25) is 0 Å². The fourth-order valence-corrected chi connectivity index (χ4v) is 4.12. The smallest absolute Gasteiger partial charge is 0.135 e. The lowest BCUT2D eigenvalue weighted by molar-refractivity contribution is 0.402. The van der Waals surface area contributed by atoms with Crippen LogP contribution in [0.25, 0.3) is 55.7 Å². The molecule has 6 aromatic rings. The normalized spacial score (nSPS) is 11.5. The lowest BCUT2D eigenvalue weighted by Gasteiger charge is -2.08. The first-order valence-electron chi connectivity index (χ1n) is 10.6. The maximum atomic E-state index is 5.27. The molecule has 33 heavy (non-hydrogen) atoms. The molecule has 0 aliphatic carbocycles. The molecule has 0 saturated carbocycles. The van der Waals surface area contributed by atoms with Crippen molar-refractivity contribution in [3.05, 3.63) is 79.0 Å². The molecule has 0 aliphatic heterocycles. The van der Waals surface area contributed by atoms with E-state index in [0.717, 1.165) is 67.8 Å². The SMILES string of the molecule is CN(C)Cc1c#ccc(-c2ccc3[nH]nc(-c4cc5c(-c6ccoc6)cncc5[nH]4)c3n2)c1. The maximum Gasteiger partial charge on any atom is 0.135 e. The molecule has 0 atom stereocenters. The number of aromatic nitrogens is 5. The van der Waals surface area contributed by atoms with Crippen LogP contribution in [0.3, 0.4) is 0 Å². The Bertz CT molecular complexity index is 1580. The first-order valence-corrected chi connectivity index (χ1v) is 10.6. The van der Waals surface area contributed by atoms with Crippen molar-refractivity contribution in [1.82, 2.24) is 30.0 Å². The number of hydrogen-bond acceptors (Lipinski definition) is 5. The van der Waals surface area contributed by atoms with Crippen molar-refractivity contribution in [2.45, 2.75) is 6.54 Å². The Morgan fingerprint density at radius 3 is 2.85 bits per heavy atom. The van der Waals surface area contributed by atoms with E-state index in [1.165, 1.54) is 0 Å². The Morgan fingerprint density at radius 1 is 1.06 bits per heavy atom. The molecule has 0 bridgehead atoms. The number of rotatable bonds is 5. The highest BCUT2D eigenvalue weighted by atomic mass is 16.3. The summed E-state index contributed by atoms with van der Waals surface area (Å²) in [6, 6.07) is 18.4. The molecule has 6 rings (SSSR count). The summed E-state index contributed by atoms with van der Waals surface area (Å²) in [5.74, 6) is 0. The van der Waals surface area contributed by atoms with Crippen LogP contribution < -0.4 is 0 Å². The van der Waals surface area contributed by atoms with Crippen LogP contribution in [0.1, 0.15) is 5.56 Å². The van der Waals surface area contributed by atoms with Gasteiger partial charge >= 0.3 is 0 Å². The van der Waals surface area contributed by atoms with Gasteiger partial charge in [0.15, 0.2) is 0 Å². The molecular formula is C26H20N6O. The average Bonchev–Trinajstić information content (AvgIpc) is 3.57. The number of hydrogen-bond donors (Lipinski definition) is 2. The maximum absolute atomic E-state index is 5.27. The topological polar surface area (TPSA) is 86.6 Å². The molecule has 0 aliphatic rings. The first kappa shape index (κ1) is 19.3. The highest BCUT2D eigenvalue weighted by molar-refractivity contribution is 5.99. The zero-order chi connectivity index (χ0) is 22.4. The van der Waals surface area contributed by atoms with E-state index >= 15 is 0 Å². The van der Waals surface area contributed by atoms with Gasteiger partial charge in [0, 0.05) is 40.4 Å². The highest BCUT2D eigenvalue weighted by Crippen LogP contribution is 2.33. The second-order valence-electron chi connectivity index (χ2n) is 8.28. The van der Waals surface area contributed by atoms with E-state index in [0.29, 0.717) is 0 Å². The second-order valence-corrected chi connectivity index (χ2v) is 8.28. The summed E-state index contributed by atoms with van der Waals surface area (Å²) < 4.78 is 5.27. The summed E-state index contributed by atoms with van der Waals surface area (Å²) in [4.78, 5) is 14.9. The van der Waals surface area contributed by atoms with Gasteiger partial charge in [-0.2, -0.15) is 5.10 Å². The third-order valence-corrected chi connectivity index (χ3v) is 5.61. The predicted molar refractivity (Wildman–Crippen MR) is 127 cm³/mol. The van der Waals surface area contributed by atoms with Crippen LogP contribution in [0.4, 0.5) is 0 Å². The van der Waals surface area contributed by atoms with Crippen molar-refractivity contribution in [3.63, 3.8) is 0 Å². The van der Waals surface area contributed by atoms with Crippen molar-refractivity contribution < 1.29 is 4.42 Å². The third kappa shape index (κ3) is 3.43. The lowest BCUT2D eigenvalue weighted by atomic mass is 10.1. The van der Waals surface area contributed by atoms with E-state index < -0.39 is 0 Å². The van der Waals surface area contributed by atoms with Crippen molar-refractivity contribution in [3.8, 4) is 33.8 Å². The molecule has 2 N–H and O–H groups in total. The van der Waals surface area contributed by atoms with Gasteiger partial charge in [-0.15, -0.1) is 0 Å². The average molecular weight is 432 g/mol. The largest absolute Gasteiger partial charge is 0.472 e. The molecule has 0 amide bonds. The zero-order valence-corrected chi connectivity index (χ0v) is 18.2. The van der Waals surface area contributed by atoms with E-state index in [1.54, 1.807) is 12.5 Å². The van der Waals surface area contributed by atoms with Gasteiger partial charge < -0.3 is 14.3 Å². The summed E-state index contributed by atoms with van der Waals surface area (Å²) in [6.45, 7) is 0.797. The van der Waals surface area contributed by atoms with Gasteiger partial charge in [0.2, 0.25) is 0 Å². The molecule has 0 saturated heterocycles. The quantitative estimate of drug-likeness (QED) is 0.396. The summed E-state index contributed by atoms with van der Waals surface area (Å²) in [5, 5.41) is 8.72. The minimum Gasteiger partial charge on any atom is -0.472 e. The molecule has 5 aromatic heterocycles. The summed E-state index contributed by atoms with van der Waals surface area (Å²) >= 11 is 0. The first-order chi connectivity index (χ1) is 16.2. The van der Waals surface area contributed by atoms with E-state index in [9.17, 15) is 0 Å². The van der Waals surface area contributed by atoms with Crippen LogP contribution in [-0.4, -0.2) is 44.1 Å². The van der Waals surface area contributed by atoms with Crippen LogP contribution in [-0.2, 0) is 6.54 Å². The molecule has 160 valence electrons. The molecule has 0 spiro atoms. The summed E-state index contributed by atoms with van der Waals surface area (Å²) in [5.41, 5.74) is 9.17.